The van der Waals surface area contributed by atoms with Crippen LogP contribution in [0.4, 0.5) is 0 Å². The number of hydrogen-bond donors (Lipinski definition) is 0. The highest BCUT2D eigenvalue weighted by molar-refractivity contribution is 5.82. The third-order valence-electron chi connectivity index (χ3n) is 4.52. The highest BCUT2D eigenvalue weighted by Crippen LogP contribution is 2.45. The Balaban J connectivity index is 2.51. The zero-order chi connectivity index (χ0) is 16.0. The highest BCUT2D eigenvalue weighted by atomic mass is 16.5. The molecule has 0 amide bonds. The van der Waals surface area contributed by atoms with Crippen LogP contribution in [0.1, 0.15) is 51.5 Å². The van der Waals surface area contributed by atoms with E-state index in [1.165, 1.54) is 31.3 Å². The van der Waals surface area contributed by atoms with E-state index in [0.717, 1.165) is 23.5 Å². The summed E-state index contributed by atoms with van der Waals surface area (Å²) in [4.78, 5) is 0. The van der Waals surface area contributed by atoms with Gasteiger partial charge in [0.2, 0.25) is 0 Å². The molecule has 22 heavy (non-hydrogen) atoms. The first-order valence-corrected chi connectivity index (χ1v) is 8.30. The SMILES string of the molecule is CCCC1(CCC)C=C(c2ccccc2OC)C(OC)=CC1. The number of benzene rings is 1. The minimum absolute atomic E-state index is 0.252. The second kappa shape index (κ2) is 7.53. The maximum atomic E-state index is 5.64. The molecule has 0 bridgehead atoms. The van der Waals surface area contributed by atoms with Gasteiger partial charge < -0.3 is 9.47 Å². The van der Waals surface area contributed by atoms with Gasteiger partial charge in [0, 0.05) is 11.1 Å². The summed E-state index contributed by atoms with van der Waals surface area (Å²) >= 11 is 0. The quantitative estimate of drug-likeness (QED) is 0.652. The molecule has 1 aromatic rings. The van der Waals surface area contributed by atoms with Crippen molar-refractivity contribution >= 4 is 5.57 Å². The molecule has 0 radical (unpaired) electrons. The fourth-order valence-corrected chi connectivity index (χ4v) is 3.58. The van der Waals surface area contributed by atoms with E-state index >= 15 is 0 Å². The highest BCUT2D eigenvalue weighted by Gasteiger charge is 2.31. The lowest BCUT2D eigenvalue weighted by atomic mass is 9.72. The zero-order valence-electron chi connectivity index (χ0n) is 14.3. The normalized spacial score (nSPS) is 16.7. The van der Waals surface area contributed by atoms with Crippen molar-refractivity contribution in [3.05, 3.63) is 47.7 Å². The van der Waals surface area contributed by atoms with Crippen molar-refractivity contribution in [2.75, 3.05) is 14.2 Å². The Hall–Kier alpha value is -1.70. The van der Waals surface area contributed by atoms with Crippen LogP contribution in [0.3, 0.4) is 0 Å². The van der Waals surface area contributed by atoms with Crippen molar-refractivity contribution < 1.29 is 9.47 Å². The predicted octanol–water partition coefficient (Wildman–Crippen LogP) is 5.60. The molecule has 0 heterocycles. The van der Waals surface area contributed by atoms with Gasteiger partial charge in [-0.25, -0.2) is 0 Å². The summed E-state index contributed by atoms with van der Waals surface area (Å²) < 4.78 is 11.2. The molecule has 0 N–H and O–H groups in total. The molecule has 2 heteroatoms. The van der Waals surface area contributed by atoms with E-state index in [9.17, 15) is 0 Å². The number of allylic oxidation sites excluding steroid dienone is 3. The molecule has 0 unspecified atom stereocenters. The molecule has 1 aliphatic rings. The Morgan fingerprint density at radius 2 is 1.68 bits per heavy atom. The Bertz CT molecular complexity index is 549. The fourth-order valence-electron chi connectivity index (χ4n) is 3.58. The summed E-state index contributed by atoms with van der Waals surface area (Å²) in [5.74, 6) is 1.87. The third kappa shape index (κ3) is 3.37. The minimum Gasteiger partial charge on any atom is -0.496 e. The number of hydrogen-bond acceptors (Lipinski definition) is 2. The van der Waals surface area contributed by atoms with Crippen LogP contribution in [0, 0.1) is 5.41 Å². The minimum atomic E-state index is 0.252. The summed E-state index contributed by atoms with van der Waals surface area (Å²) in [7, 11) is 3.48. The van der Waals surface area contributed by atoms with E-state index in [1.54, 1.807) is 14.2 Å². The van der Waals surface area contributed by atoms with Crippen LogP contribution in [0.15, 0.2) is 42.2 Å². The standard InChI is InChI=1S/C20H28O2/c1-5-12-20(13-6-2)14-11-19(22-4)17(15-20)16-9-7-8-10-18(16)21-3/h7-11,15H,5-6,12-14H2,1-4H3. The summed E-state index contributed by atoms with van der Waals surface area (Å²) in [5, 5.41) is 0. The van der Waals surface area contributed by atoms with E-state index in [4.69, 9.17) is 9.47 Å². The van der Waals surface area contributed by atoms with Crippen LogP contribution in [0.5, 0.6) is 5.75 Å². The second-order valence-electron chi connectivity index (χ2n) is 6.10. The molecular formula is C20H28O2. The van der Waals surface area contributed by atoms with E-state index in [2.05, 4.69) is 38.1 Å². The van der Waals surface area contributed by atoms with E-state index in [-0.39, 0.29) is 5.41 Å². The molecular weight excluding hydrogens is 272 g/mol. The molecule has 2 nitrogen and oxygen atoms in total. The van der Waals surface area contributed by atoms with E-state index < -0.39 is 0 Å². The van der Waals surface area contributed by atoms with E-state index in [0.29, 0.717) is 0 Å². The van der Waals surface area contributed by atoms with Gasteiger partial charge in [-0.15, -0.1) is 0 Å². The van der Waals surface area contributed by atoms with Gasteiger partial charge in [0.1, 0.15) is 11.5 Å². The van der Waals surface area contributed by atoms with Crippen molar-refractivity contribution in [1.82, 2.24) is 0 Å². The summed E-state index contributed by atoms with van der Waals surface area (Å²) in [6.07, 6.45) is 10.6. The van der Waals surface area contributed by atoms with Gasteiger partial charge in [-0.05, 0) is 36.8 Å². The Morgan fingerprint density at radius 3 is 2.27 bits per heavy atom. The third-order valence-corrected chi connectivity index (χ3v) is 4.52. The van der Waals surface area contributed by atoms with E-state index in [1.807, 2.05) is 12.1 Å². The lowest BCUT2D eigenvalue weighted by molar-refractivity contribution is 0.278. The molecule has 0 aliphatic heterocycles. The lowest BCUT2D eigenvalue weighted by Crippen LogP contribution is -2.21. The van der Waals surface area contributed by atoms with Gasteiger partial charge in [-0.1, -0.05) is 51.0 Å². The molecule has 0 fully saturated rings. The first-order chi connectivity index (χ1) is 10.7. The van der Waals surface area contributed by atoms with Crippen LogP contribution >= 0.6 is 0 Å². The summed E-state index contributed by atoms with van der Waals surface area (Å²) in [6.45, 7) is 4.53. The van der Waals surface area contributed by atoms with Crippen molar-refractivity contribution in [3.8, 4) is 5.75 Å². The summed E-state index contributed by atoms with van der Waals surface area (Å²) in [6, 6.07) is 8.19. The van der Waals surface area contributed by atoms with Gasteiger partial charge in [-0.2, -0.15) is 0 Å². The zero-order valence-corrected chi connectivity index (χ0v) is 14.3. The largest absolute Gasteiger partial charge is 0.496 e. The second-order valence-corrected chi connectivity index (χ2v) is 6.10. The number of ether oxygens (including phenoxy) is 2. The topological polar surface area (TPSA) is 18.5 Å². The molecule has 0 spiro atoms. The number of rotatable bonds is 7. The van der Waals surface area contributed by atoms with Gasteiger partial charge in [-0.3, -0.25) is 0 Å². The lowest BCUT2D eigenvalue weighted by Gasteiger charge is -2.34. The number of methoxy groups -OCH3 is 2. The molecule has 1 aliphatic carbocycles. The van der Waals surface area contributed by atoms with Gasteiger partial charge >= 0.3 is 0 Å². The van der Waals surface area contributed by atoms with Gasteiger partial charge in [0.25, 0.3) is 0 Å². The molecule has 2 rings (SSSR count). The maximum absolute atomic E-state index is 5.64. The van der Waals surface area contributed by atoms with Crippen LogP contribution < -0.4 is 4.74 Å². The molecule has 0 saturated heterocycles. The smallest absolute Gasteiger partial charge is 0.126 e. The van der Waals surface area contributed by atoms with Gasteiger partial charge in [0.15, 0.2) is 0 Å². The average molecular weight is 300 g/mol. The van der Waals surface area contributed by atoms with Crippen LogP contribution in [0.25, 0.3) is 5.57 Å². The first kappa shape index (κ1) is 16.7. The van der Waals surface area contributed by atoms with Gasteiger partial charge in [0.05, 0.1) is 14.2 Å². The molecule has 120 valence electrons. The summed E-state index contributed by atoms with van der Waals surface area (Å²) in [5.41, 5.74) is 2.55. The first-order valence-electron chi connectivity index (χ1n) is 8.30. The molecule has 0 aromatic heterocycles. The van der Waals surface area contributed by atoms with Crippen molar-refractivity contribution in [3.63, 3.8) is 0 Å². The molecule has 0 atom stereocenters. The maximum Gasteiger partial charge on any atom is 0.126 e. The fraction of sp³-hybridized carbons (Fsp3) is 0.500. The van der Waals surface area contributed by atoms with Crippen LogP contribution in [-0.2, 0) is 4.74 Å². The Labute approximate surface area is 134 Å². The van der Waals surface area contributed by atoms with Crippen LogP contribution in [-0.4, -0.2) is 14.2 Å². The van der Waals surface area contributed by atoms with Crippen molar-refractivity contribution in [2.45, 2.75) is 46.0 Å². The van der Waals surface area contributed by atoms with Crippen molar-refractivity contribution in [2.24, 2.45) is 5.41 Å². The predicted molar refractivity (Wildman–Crippen MR) is 92.9 cm³/mol. The van der Waals surface area contributed by atoms with Crippen molar-refractivity contribution in [1.29, 1.82) is 0 Å². The Morgan fingerprint density at radius 1 is 1.00 bits per heavy atom. The Kier molecular flexibility index (Phi) is 5.70. The molecule has 0 saturated carbocycles. The number of para-hydroxylation sites is 1. The average Bonchev–Trinajstić information content (AvgIpc) is 2.55. The molecule has 1 aromatic carbocycles. The van der Waals surface area contributed by atoms with Crippen LogP contribution in [0.2, 0.25) is 0 Å². The monoisotopic (exact) mass is 300 g/mol.